The average molecular weight is 208 g/mol. The SMILES string of the molecule is CC(=O)OCCO.CC(=O)OCCO. The summed E-state index contributed by atoms with van der Waals surface area (Å²) in [4.78, 5) is 19.7. The van der Waals surface area contributed by atoms with Crippen LogP contribution in [0.3, 0.4) is 0 Å². The Morgan fingerprint density at radius 1 is 0.929 bits per heavy atom. The minimum atomic E-state index is -0.353. The lowest BCUT2D eigenvalue weighted by molar-refractivity contribution is -0.142. The second-order valence-electron chi connectivity index (χ2n) is 2.13. The first-order chi connectivity index (χ1) is 6.54. The highest BCUT2D eigenvalue weighted by molar-refractivity contribution is 5.66. The number of ether oxygens (including phenoxy) is 2. The van der Waals surface area contributed by atoms with Crippen LogP contribution in [0.25, 0.3) is 0 Å². The molecule has 0 saturated carbocycles. The summed E-state index contributed by atoms with van der Waals surface area (Å²) in [6.07, 6.45) is 0. The number of carbonyl (C=O) groups excluding carboxylic acids is 2. The van der Waals surface area contributed by atoms with Gasteiger partial charge in [-0.05, 0) is 0 Å². The predicted octanol–water partition coefficient (Wildman–Crippen LogP) is -0.916. The van der Waals surface area contributed by atoms with Crippen LogP contribution in [-0.2, 0) is 19.1 Å². The number of hydrogen-bond acceptors (Lipinski definition) is 6. The standard InChI is InChI=1S/2C4H8O3/c2*1-4(6)7-3-2-5/h2*5H,2-3H2,1H3. The largest absolute Gasteiger partial charge is 0.463 e. The molecule has 0 amide bonds. The van der Waals surface area contributed by atoms with Gasteiger partial charge in [-0.2, -0.15) is 0 Å². The van der Waals surface area contributed by atoms with Crippen molar-refractivity contribution < 1.29 is 29.3 Å². The number of aliphatic hydroxyl groups is 2. The van der Waals surface area contributed by atoms with Gasteiger partial charge in [-0.1, -0.05) is 0 Å². The molecule has 0 bridgehead atoms. The van der Waals surface area contributed by atoms with Crippen molar-refractivity contribution in [2.45, 2.75) is 13.8 Å². The zero-order chi connectivity index (χ0) is 11.4. The molecule has 2 N–H and O–H groups in total. The normalized spacial score (nSPS) is 8.29. The molecule has 0 radical (unpaired) electrons. The van der Waals surface area contributed by atoms with Crippen LogP contribution in [0.15, 0.2) is 0 Å². The maximum absolute atomic E-state index is 9.87. The van der Waals surface area contributed by atoms with E-state index in [-0.39, 0.29) is 38.4 Å². The Balaban J connectivity index is 0. The molecule has 0 unspecified atom stereocenters. The van der Waals surface area contributed by atoms with Crippen molar-refractivity contribution in [1.29, 1.82) is 0 Å². The fraction of sp³-hybridized carbons (Fsp3) is 0.750. The Morgan fingerprint density at radius 3 is 1.29 bits per heavy atom. The molecule has 0 aromatic rings. The van der Waals surface area contributed by atoms with E-state index in [0.29, 0.717) is 0 Å². The van der Waals surface area contributed by atoms with Crippen LogP contribution in [0.1, 0.15) is 13.8 Å². The van der Waals surface area contributed by atoms with Crippen LogP contribution >= 0.6 is 0 Å². The molecule has 6 heteroatoms. The lowest BCUT2D eigenvalue weighted by atomic mass is 10.7. The maximum atomic E-state index is 9.87. The van der Waals surface area contributed by atoms with Gasteiger partial charge in [0.05, 0.1) is 13.2 Å². The molecule has 0 spiro atoms. The molecule has 0 aliphatic rings. The summed E-state index contributed by atoms with van der Waals surface area (Å²) in [5.74, 6) is -0.705. The summed E-state index contributed by atoms with van der Waals surface area (Å²) in [5.41, 5.74) is 0. The van der Waals surface area contributed by atoms with Crippen LogP contribution in [0.5, 0.6) is 0 Å². The van der Waals surface area contributed by atoms with Gasteiger partial charge in [-0.15, -0.1) is 0 Å². The monoisotopic (exact) mass is 208 g/mol. The highest BCUT2D eigenvalue weighted by atomic mass is 16.5. The Labute approximate surface area is 82.4 Å². The van der Waals surface area contributed by atoms with E-state index in [9.17, 15) is 9.59 Å². The van der Waals surface area contributed by atoms with Gasteiger partial charge >= 0.3 is 11.9 Å². The van der Waals surface area contributed by atoms with Crippen LogP contribution in [-0.4, -0.2) is 48.6 Å². The van der Waals surface area contributed by atoms with Crippen LogP contribution in [0.4, 0.5) is 0 Å². The topological polar surface area (TPSA) is 93.1 Å². The Kier molecular flexibility index (Phi) is 13.0. The number of esters is 2. The second kappa shape index (κ2) is 11.9. The van der Waals surface area contributed by atoms with Gasteiger partial charge in [0.15, 0.2) is 0 Å². The van der Waals surface area contributed by atoms with Gasteiger partial charge in [0, 0.05) is 13.8 Å². The third-order valence-corrected chi connectivity index (χ3v) is 0.793. The minimum Gasteiger partial charge on any atom is -0.463 e. The summed E-state index contributed by atoms with van der Waals surface area (Å²) in [6.45, 7) is 2.62. The molecule has 0 fully saturated rings. The van der Waals surface area contributed by atoms with Crippen molar-refractivity contribution in [2.24, 2.45) is 0 Å². The third kappa shape index (κ3) is 22.4. The summed E-state index contributed by atoms with van der Waals surface area (Å²) in [6, 6.07) is 0. The van der Waals surface area contributed by atoms with Crippen molar-refractivity contribution in [2.75, 3.05) is 26.4 Å². The van der Waals surface area contributed by atoms with Crippen molar-refractivity contribution in [1.82, 2.24) is 0 Å². The maximum Gasteiger partial charge on any atom is 0.302 e. The Morgan fingerprint density at radius 2 is 1.21 bits per heavy atom. The highest BCUT2D eigenvalue weighted by Gasteiger charge is 1.86. The third-order valence-electron chi connectivity index (χ3n) is 0.793. The van der Waals surface area contributed by atoms with Gasteiger partial charge in [-0.3, -0.25) is 9.59 Å². The molecule has 0 aliphatic carbocycles. The zero-order valence-electron chi connectivity index (χ0n) is 8.36. The lowest BCUT2D eigenvalue weighted by Crippen LogP contribution is -2.03. The summed E-state index contributed by atoms with van der Waals surface area (Å²) in [7, 11) is 0. The number of hydrogen-bond donors (Lipinski definition) is 2. The van der Waals surface area contributed by atoms with E-state index in [1.165, 1.54) is 13.8 Å². The molecule has 0 saturated heterocycles. The van der Waals surface area contributed by atoms with Crippen molar-refractivity contribution in [3.63, 3.8) is 0 Å². The van der Waals surface area contributed by atoms with E-state index in [1.54, 1.807) is 0 Å². The van der Waals surface area contributed by atoms with E-state index in [4.69, 9.17) is 10.2 Å². The van der Waals surface area contributed by atoms with E-state index in [1.807, 2.05) is 0 Å². The molecule has 0 aromatic carbocycles. The quantitative estimate of drug-likeness (QED) is 0.580. The van der Waals surface area contributed by atoms with Gasteiger partial charge in [0.1, 0.15) is 13.2 Å². The fourth-order valence-electron chi connectivity index (χ4n) is 0.379. The van der Waals surface area contributed by atoms with Gasteiger partial charge in [0.25, 0.3) is 0 Å². The number of aliphatic hydroxyl groups excluding tert-OH is 2. The Bertz CT molecular complexity index is 138. The van der Waals surface area contributed by atoms with Crippen LogP contribution < -0.4 is 0 Å². The zero-order valence-corrected chi connectivity index (χ0v) is 8.36. The first-order valence-corrected chi connectivity index (χ1v) is 4.03. The molecule has 6 nitrogen and oxygen atoms in total. The smallest absolute Gasteiger partial charge is 0.302 e. The first-order valence-electron chi connectivity index (χ1n) is 4.03. The molecule has 14 heavy (non-hydrogen) atoms. The predicted molar refractivity (Wildman–Crippen MR) is 47.4 cm³/mol. The van der Waals surface area contributed by atoms with Crippen molar-refractivity contribution >= 4 is 11.9 Å². The number of rotatable bonds is 4. The molecule has 0 aromatic heterocycles. The van der Waals surface area contributed by atoms with E-state index in [0.717, 1.165) is 0 Å². The van der Waals surface area contributed by atoms with Gasteiger partial charge < -0.3 is 19.7 Å². The second-order valence-corrected chi connectivity index (χ2v) is 2.13. The van der Waals surface area contributed by atoms with E-state index >= 15 is 0 Å². The Hall–Kier alpha value is -1.14. The van der Waals surface area contributed by atoms with Gasteiger partial charge in [0.2, 0.25) is 0 Å². The average Bonchev–Trinajstić information content (AvgIpc) is 2.12. The molecule has 84 valence electrons. The molecule has 0 rings (SSSR count). The summed E-state index contributed by atoms with van der Waals surface area (Å²) >= 11 is 0. The van der Waals surface area contributed by atoms with E-state index in [2.05, 4.69) is 9.47 Å². The lowest BCUT2D eigenvalue weighted by Gasteiger charge is -1.93. The van der Waals surface area contributed by atoms with Crippen molar-refractivity contribution in [3.8, 4) is 0 Å². The summed E-state index contributed by atoms with van der Waals surface area (Å²) in [5, 5.41) is 16.1. The first kappa shape index (κ1) is 15.3. The molecular formula is C8H16O6. The number of carbonyl (C=O) groups is 2. The molecule has 0 aliphatic heterocycles. The molecule has 0 atom stereocenters. The molecular weight excluding hydrogens is 192 g/mol. The van der Waals surface area contributed by atoms with Gasteiger partial charge in [-0.25, -0.2) is 0 Å². The fourth-order valence-corrected chi connectivity index (χ4v) is 0.379. The van der Waals surface area contributed by atoms with Crippen LogP contribution in [0.2, 0.25) is 0 Å². The minimum absolute atomic E-state index is 0.0976. The van der Waals surface area contributed by atoms with Crippen LogP contribution in [0, 0.1) is 0 Å². The summed E-state index contributed by atoms with van der Waals surface area (Å²) < 4.78 is 8.60. The molecule has 0 heterocycles. The highest BCUT2D eigenvalue weighted by Crippen LogP contribution is 1.71. The van der Waals surface area contributed by atoms with E-state index < -0.39 is 0 Å². The van der Waals surface area contributed by atoms with Crippen molar-refractivity contribution in [3.05, 3.63) is 0 Å².